The van der Waals surface area contributed by atoms with E-state index in [0.29, 0.717) is 6.42 Å². The largest absolute Gasteiger partial charge is 0.494 e. The van der Waals surface area contributed by atoms with Crippen molar-refractivity contribution in [2.24, 2.45) is 0 Å². The van der Waals surface area contributed by atoms with E-state index in [-0.39, 0.29) is 18.3 Å². The highest BCUT2D eigenvalue weighted by molar-refractivity contribution is 6.62. The highest BCUT2D eigenvalue weighted by atomic mass is 16.7. The SMILES string of the molecule is Cc1ccc(B2OC(C)(C)C(C)(C)O2)cc1CC#N. The van der Waals surface area contributed by atoms with E-state index < -0.39 is 0 Å². The van der Waals surface area contributed by atoms with Gasteiger partial charge in [-0.25, -0.2) is 0 Å². The van der Waals surface area contributed by atoms with Crippen molar-refractivity contribution < 1.29 is 9.31 Å². The number of aryl methyl sites for hydroxylation is 1. The predicted octanol–water partition coefficient (Wildman–Crippen LogP) is 2.36. The maximum Gasteiger partial charge on any atom is 0.494 e. The highest BCUT2D eigenvalue weighted by Gasteiger charge is 2.51. The molecule has 100 valence electrons. The Morgan fingerprint density at radius 1 is 1.16 bits per heavy atom. The number of hydrogen-bond acceptors (Lipinski definition) is 3. The molecule has 1 aromatic rings. The summed E-state index contributed by atoms with van der Waals surface area (Å²) in [5.74, 6) is 0. The molecule has 0 atom stereocenters. The van der Waals surface area contributed by atoms with Crippen molar-refractivity contribution in [3.63, 3.8) is 0 Å². The molecule has 1 saturated heterocycles. The van der Waals surface area contributed by atoms with Gasteiger partial charge < -0.3 is 9.31 Å². The fraction of sp³-hybridized carbons (Fsp3) is 0.533. The lowest BCUT2D eigenvalue weighted by molar-refractivity contribution is 0.00578. The summed E-state index contributed by atoms with van der Waals surface area (Å²) in [5.41, 5.74) is 2.47. The zero-order valence-corrected chi connectivity index (χ0v) is 12.3. The molecule has 2 rings (SSSR count). The van der Waals surface area contributed by atoms with Crippen LogP contribution in [0.2, 0.25) is 0 Å². The second-order valence-electron chi connectivity index (χ2n) is 6.11. The molecular formula is C15H20BNO2. The summed E-state index contributed by atoms with van der Waals surface area (Å²) in [7, 11) is -0.358. The molecule has 0 spiro atoms. The number of nitrogens with zero attached hydrogens (tertiary/aromatic N) is 1. The molecule has 1 heterocycles. The van der Waals surface area contributed by atoms with Crippen LogP contribution in [0.1, 0.15) is 38.8 Å². The molecule has 3 nitrogen and oxygen atoms in total. The van der Waals surface area contributed by atoms with Gasteiger partial charge in [-0.1, -0.05) is 18.2 Å². The van der Waals surface area contributed by atoms with Gasteiger partial charge in [0.05, 0.1) is 23.7 Å². The van der Waals surface area contributed by atoms with Crippen LogP contribution in [-0.2, 0) is 15.7 Å². The molecule has 0 saturated carbocycles. The van der Waals surface area contributed by atoms with E-state index in [4.69, 9.17) is 14.6 Å². The van der Waals surface area contributed by atoms with Crippen LogP contribution in [0.15, 0.2) is 18.2 Å². The number of nitriles is 1. The second kappa shape index (κ2) is 4.66. The number of benzene rings is 1. The molecule has 0 aliphatic carbocycles. The first-order valence-electron chi connectivity index (χ1n) is 6.59. The van der Waals surface area contributed by atoms with Crippen molar-refractivity contribution in [3.05, 3.63) is 29.3 Å². The first-order valence-corrected chi connectivity index (χ1v) is 6.59. The maximum absolute atomic E-state index is 8.85. The summed E-state index contributed by atoms with van der Waals surface area (Å²) in [6, 6.07) is 8.24. The van der Waals surface area contributed by atoms with Gasteiger partial charge in [0.1, 0.15) is 0 Å². The van der Waals surface area contributed by atoms with E-state index >= 15 is 0 Å². The average Bonchev–Trinajstić information content (AvgIpc) is 2.51. The molecule has 19 heavy (non-hydrogen) atoms. The first kappa shape index (κ1) is 14.1. The quantitative estimate of drug-likeness (QED) is 0.764. The Kier molecular flexibility index (Phi) is 3.46. The lowest BCUT2D eigenvalue weighted by atomic mass is 9.77. The zero-order valence-electron chi connectivity index (χ0n) is 12.3. The van der Waals surface area contributed by atoms with Crippen LogP contribution >= 0.6 is 0 Å². The Balaban J connectivity index is 2.30. The molecule has 1 aliphatic rings. The maximum atomic E-state index is 8.85. The molecule has 1 aliphatic heterocycles. The van der Waals surface area contributed by atoms with Crippen LogP contribution in [0.5, 0.6) is 0 Å². The van der Waals surface area contributed by atoms with Gasteiger partial charge in [-0.3, -0.25) is 0 Å². The van der Waals surface area contributed by atoms with Crippen LogP contribution in [0.4, 0.5) is 0 Å². The van der Waals surface area contributed by atoms with Gasteiger partial charge in [-0.2, -0.15) is 5.26 Å². The molecular weight excluding hydrogens is 237 g/mol. The molecule has 1 fully saturated rings. The van der Waals surface area contributed by atoms with E-state index in [2.05, 4.69) is 6.07 Å². The average molecular weight is 257 g/mol. The van der Waals surface area contributed by atoms with Crippen molar-refractivity contribution in [2.75, 3.05) is 0 Å². The topological polar surface area (TPSA) is 42.2 Å². The summed E-state index contributed by atoms with van der Waals surface area (Å²) in [5, 5.41) is 8.85. The van der Waals surface area contributed by atoms with Crippen molar-refractivity contribution in [3.8, 4) is 6.07 Å². The van der Waals surface area contributed by atoms with Crippen molar-refractivity contribution in [1.29, 1.82) is 5.26 Å². The first-order chi connectivity index (χ1) is 8.77. The Labute approximate surface area is 115 Å². The minimum atomic E-state index is -0.358. The van der Waals surface area contributed by atoms with Gasteiger partial charge in [0.2, 0.25) is 0 Å². The van der Waals surface area contributed by atoms with Crippen molar-refractivity contribution in [1.82, 2.24) is 0 Å². The van der Waals surface area contributed by atoms with E-state index in [0.717, 1.165) is 16.6 Å². The highest BCUT2D eigenvalue weighted by Crippen LogP contribution is 2.36. The summed E-state index contributed by atoms with van der Waals surface area (Å²) >= 11 is 0. The number of rotatable bonds is 2. The lowest BCUT2D eigenvalue weighted by Crippen LogP contribution is -2.41. The third-order valence-corrected chi connectivity index (χ3v) is 4.17. The predicted molar refractivity (Wildman–Crippen MR) is 76.2 cm³/mol. The van der Waals surface area contributed by atoms with E-state index in [1.54, 1.807) is 0 Å². The third kappa shape index (κ3) is 2.54. The molecule has 0 aromatic heterocycles. The molecule has 0 unspecified atom stereocenters. The fourth-order valence-electron chi connectivity index (χ4n) is 2.09. The van der Waals surface area contributed by atoms with Crippen LogP contribution in [0.25, 0.3) is 0 Å². The Morgan fingerprint density at radius 3 is 2.26 bits per heavy atom. The van der Waals surface area contributed by atoms with E-state index in [1.807, 2.05) is 52.8 Å². The third-order valence-electron chi connectivity index (χ3n) is 4.17. The van der Waals surface area contributed by atoms with Crippen LogP contribution < -0.4 is 5.46 Å². The lowest BCUT2D eigenvalue weighted by Gasteiger charge is -2.32. The molecule has 1 aromatic carbocycles. The van der Waals surface area contributed by atoms with Crippen LogP contribution in [0.3, 0.4) is 0 Å². The Hall–Kier alpha value is -1.31. The van der Waals surface area contributed by atoms with E-state index in [1.165, 1.54) is 0 Å². The summed E-state index contributed by atoms with van der Waals surface area (Å²) < 4.78 is 12.0. The van der Waals surface area contributed by atoms with Gasteiger partial charge in [-0.15, -0.1) is 0 Å². The zero-order chi connectivity index (χ0) is 14.3. The number of hydrogen-bond donors (Lipinski definition) is 0. The van der Waals surface area contributed by atoms with Gasteiger partial charge in [0.15, 0.2) is 0 Å². The standard InChI is InChI=1S/C15H20BNO2/c1-11-6-7-13(10-12(11)8-9-17)16-18-14(2,3)15(4,5)19-16/h6-7,10H,8H2,1-5H3. The summed E-state index contributed by atoms with van der Waals surface area (Å²) in [6.07, 6.45) is 0.416. The van der Waals surface area contributed by atoms with Crippen LogP contribution in [0, 0.1) is 18.3 Å². The molecule has 0 bridgehead atoms. The molecule has 4 heteroatoms. The monoisotopic (exact) mass is 257 g/mol. The van der Waals surface area contributed by atoms with Crippen molar-refractivity contribution >= 4 is 12.6 Å². The molecule has 0 N–H and O–H groups in total. The minimum absolute atomic E-state index is 0.335. The smallest absolute Gasteiger partial charge is 0.399 e. The molecule has 0 radical (unpaired) electrons. The minimum Gasteiger partial charge on any atom is -0.399 e. The van der Waals surface area contributed by atoms with Gasteiger partial charge >= 0.3 is 7.12 Å². The van der Waals surface area contributed by atoms with Gasteiger partial charge in [0.25, 0.3) is 0 Å². The van der Waals surface area contributed by atoms with E-state index in [9.17, 15) is 0 Å². The second-order valence-corrected chi connectivity index (χ2v) is 6.11. The summed E-state index contributed by atoms with van der Waals surface area (Å²) in [4.78, 5) is 0. The summed E-state index contributed by atoms with van der Waals surface area (Å²) in [6.45, 7) is 10.2. The van der Waals surface area contributed by atoms with Crippen molar-refractivity contribution in [2.45, 2.75) is 52.2 Å². The molecule has 0 amide bonds. The normalized spacial score (nSPS) is 20.3. The Morgan fingerprint density at radius 2 is 1.74 bits per heavy atom. The van der Waals surface area contributed by atoms with Gasteiger partial charge in [0, 0.05) is 0 Å². The van der Waals surface area contributed by atoms with Crippen LogP contribution in [-0.4, -0.2) is 18.3 Å². The van der Waals surface area contributed by atoms with Gasteiger partial charge in [-0.05, 0) is 51.2 Å². The Bertz CT molecular complexity index is 515. The fourth-order valence-corrected chi connectivity index (χ4v) is 2.09.